The minimum atomic E-state index is -0.0812. The zero-order valence-electron chi connectivity index (χ0n) is 78.6. The number of amides is 4. The van der Waals surface area contributed by atoms with E-state index >= 15 is 0 Å². The summed E-state index contributed by atoms with van der Waals surface area (Å²) in [5.74, 6) is 9.71. The van der Waals surface area contributed by atoms with E-state index in [9.17, 15) is 19.2 Å². The molecule has 12 heterocycles. The Bertz CT molecular complexity index is 7050. The fourth-order valence-corrected chi connectivity index (χ4v) is 22.9. The summed E-state index contributed by atoms with van der Waals surface area (Å²) >= 11 is 0. The van der Waals surface area contributed by atoms with Crippen molar-refractivity contribution in [1.82, 2.24) is 57.8 Å². The molecule has 24 heteroatoms. The molecule has 0 unspecified atom stereocenters. The number of carbonyl (C=O) groups is 4. The van der Waals surface area contributed by atoms with Crippen LogP contribution in [0.4, 0.5) is 23.3 Å². The molecular formula is C116H120N20O4. The predicted molar refractivity (Wildman–Crippen MR) is 555 cm³/mol. The summed E-state index contributed by atoms with van der Waals surface area (Å²) in [4.78, 5) is 111. The van der Waals surface area contributed by atoms with Crippen LogP contribution in [0.3, 0.4) is 0 Å². The zero-order chi connectivity index (χ0) is 93.3. The fraction of sp³-hybridized carbons (Fsp3) is 0.310. The van der Waals surface area contributed by atoms with Crippen LogP contribution >= 0.6 is 0 Å². The number of hydrogen-bond acceptors (Lipinski definition) is 16. The van der Waals surface area contributed by atoms with E-state index < -0.39 is 0 Å². The normalized spacial score (nSPS) is 19.2. The highest BCUT2D eigenvalue weighted by Gasteiger charge is 2.54. The number of benzene rings is 10. The summed E-state index contributed by atoms with van der Waals surface area (Å²) in [5, 5.41) is 0. The van der Waals surface area contributed by atoms with Gasteiger partial charge in [0.2, 0.25) is 23.8 Å². The number of fused-ring (bicyclic) bond motifs is 16. The Morgan fingerprint density at radius 1 is 0.271 bits per heavy atom. The van der Waals surface area contributed by atoms with Crippen molar-refractivity contribution in [3.05, 3.63) is 382 Å². The van der Waals surface area contributed by atoms with Gasteiger partial charge in [0, 0.05) is 80.1 Å². The minimum absolute atomic E-state index is 0. The van der Waals surface area contributed by atoms with Crippen LogP contribution in [0.25, 0.3) is 22.3 Å². The lowest BCUT2D eigenvalue weighted by molar-refractivity contribution is 0.0846. The molecule has 140 heavy (non-hydrogen) atoms. The Hall–Kier alpha value is -15.2. The van der Waals surface area contributed by atoms with Gasteiger partial charge in [-0.1, -0.05) is 332 Å². The second-order valence-electron chi connectivity index (χ2n) is 38.9. The number of hydrogen-bond donors (Lipinski definition) is 0. The van der Waals surface area contributed by atoms with Gasteiger partial charge in [0.25, 0.3) is 23.6 Å². The van der Waals surface area contributed by atoms with Crippen molar-refractivity contribution in [2.24, 2.45) is 20.0 Å². The van der Waals surface area contributed by atoms with Crippen LogP contribution in [-0.2, 0) is 51.9 Å². The maximum Gasteiger partial charge on any atom is 0.280 e. The molecule has 4 atom stereocenters. The predicted octanol–water partition coefficient (Wildman–Crippen LogP) is 20.2. The SMILES string of the molecule is C.C.CN1C(=O)c2c(nc(Cc3ccc(-c4ccccc4)cc3)n2Cc2ccccc2)N2C1=N[C@@H]1CCC[C@@H]12.CN1C(=O)c2c(nc(Cc3ccc(-c4ccccc4)cc3)n2Cc2ccccc2)N2CC3(CCCC3)N=C12.CN1C(=O)c2c(nc(Cc3ccccc3)n2Cc2ccccc2)N2C1=N[C@@H]1CCC[C@@H]12.CN1C(=O)c2c(nc(Cc3ccccc3)n2Cc2ccccc2)N2CC3(CCCC3)N=C12. The molecule has 4 aliphatic carbocycles. The van der Waals surface area contributed by atoms with Crippen molar-refractivity contribution in [1.29, 1.82) is 0 Å². The highest BCUT2D eigenvalue weighted by atomic mass is 16.2. The van der Waals surface area contributed by atoms with E-state index in [0.717, 1.165) is 157 Å². The standard InChI is InChI=1S/C32H31N5O.C31H29N5O.C26H27N5O.C25H25N5O.2CH4/c1-35-30(38)28-29(37-22-32(34-31(35)37)18-8-9-19-32)33-27(36(28)21-24-10-4-2-5-11-24)20-23-14-16-26(17-15-23)25-12-6-3-7-13-25;1-34-30(37)28-29(36-26-14-8-13-25(26)32-31(34)36)33-27(35(28)20-22-9-4-2-5-10-22)19-21-15-17-24(18-16-21)23-11-6-3-7-12-23;1-29-24(32)22-23(31-18-26(28-25(29)31)14-8-9-15-26)27-21(16-19-10-4-2-5-11-19)30(22)17-20-12-6-3-7-13-20;1-28-24(31)22-23(30-20-14-8-13-19(20)26-25(28)30)27-21(15-17-9-4-2-5-10-17)29(22)16-18-11-6-3-7-12-18;;/h2-7,10-17H,8-9,18-22H2,1H3;2-7,9-12,15-18,25-26H,8,13-14,19-20H2,1H3;2-7,10-13H,8-9,14-18H2,1H3;2-7,9-12,19-20H,8,13-16H2,1H3;2*1H4/t;25-,26+;;19-,20+;;/m.1.1../s1. The number of aromatic nitrogens is 8. The molecule has 2 spiro atoms. The lowest BCUT2D eigenvalue weighted by atomic mass is 9.99. The molecule has 0 radical (unpaired) electrons. The van der Waals surface area contributed by atoms with Crippen LogP contribution in [0.5, 0.6) is 0 Å². The average molecular weight is 1860 g/mol. The second-order valence-corrected chi connectivity index (χ2v) is 38.9. The van der Waals surface area contributed by atoms with E-state index in [1.165, 1.54) is 83.0 Å². The van der Waals surface area contributed by atoms with Gasteiger partial charge >= 0.3 is 0 Å². The highest BCUT2D eigenvalue weighted by molar-refractivity contribution is 6.21. The molecule has 24 nitrogen and oxygen atoms in total. The first-order valence-electron chi connectivity index (χ1n) is 49.1. The molecule has 4 amide bonds. The molecule has 10 aromatic carbocycles. The summed E-state index contributed by atoms with van der Waals surface area (Å²) in [6.45, 7) is 4.08. The number of aliphatic imine (C=N–C) groups is 4. The quantitative estimate of drug-likeness (QED) is 0.0784. The van der Waals surface area contributed by atoms with Crippen LogP contribution < -0.4 is 19.6 Å². The van der Waals surface area contributed by atoms with Gasteiger partial charge in [-0.05, 0) is 131 Å². The topological polar surface area (TPSA) is 215 Å². The number of nitrogens with zero attached hydrogens (tertiary/aromatic N) is 20. The van der Waals surface area contributed by atoms with E-state index in [1.807, 2.05) is 150 Å². The zero-order valence-corrected chi connectivity index (χ0v) is 78.6. The molecule has 0 N–H and O–H groups in total. The molecule has 0 saturated heterocycles. The summed E-state index contributed by atoms with van der Waals surface area (Å²) in [6.07, 6.45) is 18.5. The van der Waals surface area contributed by atoms with E-state index in [4.69, 9.17) is 39.9 Å². The van der Waals surface area contributed by atoms with Crippen LogP contribution in [0.15, 0.2) is 311 Å². The third-order valence-corrected chi connectivity index (χ3v) is 30.0. The van der Waals surface area contributed by atoms with Crippen molar-refractivity contribution < 1.29 is 19.2 Å². The Labute approximate surface area is 819 Å². The van der Waals surface area contributed by atoms with Gasteiger partial charge < -0.3 is 18.3 Å². The fourth-order valence-electron chi connectivity index (χ4n) is 22.9. The molecule has 12 aliphatic rings. The van der Waals surface area contributed by atoms with Gasteiger partial charge in [-0.2, -0.15) is 0 Å². The Morgan fingerprint density at radius 3 is 0.807 bits per heavy atom. The maximum absolute atomic E-state index is 13.8. The van der Waals surface area contributed by atoms with Gasteiger partial charge in [-0.25, -0.2) is 39.9 Å². The van der Waals surface area contributed by atoms with Gasteiger partial charge in [-0.3, -0.25) is 58.4 Å². The molecule has 8 aliphatic heterocycles. The molecule has 4 saturated carbocycles. The van der Waals surface area contributed by atoms with E-state index in [1.54, 1.807) is 19.6 Å². The first-order chi connectivity index (χ1) is 67.6. The summed E-state index contributed by atoms with van der Waals surface area (Å²) in [6, 6.07) is 101. The largest absolute Gasteiger partial charge is 0.317 e. The Kier molecular flexibility index (Phi) is 25.0. The van der Waals surface area contributed by atoms with E-state index in [2.05, 4.69) is 208 Å². The average Bonchev–Trinajstić information content (AvgIpc) is 1.56. The summed E-state index contributed by atoms with van der Waals surface area (Å²) in [5.41, 5.74) is 16.7. The van der Waals surface area contributed by atoms with Crippen molar-refractivity contribution in [2.75, 3.05) is 60.9 Å². The van der Waals surface area contributed by atoms with Gasteiger partial charge in [0.15, 0.2) is 46.0 Å². The number of rotatable bonds is 18. The van der Waals surface area contributed by atoms with E-state index in [0.29, 0.717) is 86.7 Å². The van der Waals surface area contributed by atoms with Crippen molar-refractivity contribution in [2.45, 2.75) is 192 Å². The van der Waals surface area contributed by atoms with Crippen LogP contribution in [-0.4, -0.2) is 182 Å². The minimum Gasteiger partial charge on any atom is -0.317 e. The van der Waals surface area contributed by atoms with Crippen LogP contribution in [0, 0.1) is 0 Å². The first-order valence-corrected chi connectivity index (χ1v) is 49.1. The summed E-state index contributed by atoms with van der Waals surface area (Å²) in [7, 11) is 7.39. The molecule has 4 aromatic heterocycles. The van der Waals surface area contributed by atoms with Crippen molar-refractivity contribution in [3.63, 3.8) is 0 Å². The smallest absolute Gasteiger partial charge is 0.280 e. The van der Waals surface area contributed by atoms with Gasteiger partial charge in [0.1, 0.15) is 23.3 Å². The molecule has 14 aromatic rings. The second kappa shape index (κ2) is 38.3. The Morgan fingerprint density at radius 2 is 0.514 bits per heavy atom. The highest BCUT2D eigenvalue weighted by Crippen LogP contribution is 2.48. The third kappa shape index (κ3) is 17.1. The Balaban J connectivity index is 0.000000111. The maximum atomic E-state index is 13.8. The molecule has 26 rings (SSSR count). The van der Waals surface area contributed by atoms with Crippen LogP contribution in [0.2, 0.25) is 0 Å². The summed E-state index contributed by atoms with van der Waals surface area (Å²) < 4.78 is 8.50. The third-order valence-electron chi connectivity index (χ3n) is 30.0. The number of guanidine groups is 4. The monoisotopic (exact) mass is 1860 g/mol. The molecule has 708 valence electrons. The molecule has 4 fully saturated rings. The molecular weight excluding hydrogens is 1740 g/mol. The van der Waals surface area contributed by atoms with Gasteiger partial charge in [-0.15, -0.1) is 0 Å². The lowest BCUT2D eigenvalue weighted by Gasteiger charge is -2.34. The lowest BCUT2D eigenvalue weighted by Crippen LogP contribution is -2.51. The molecule has 0 bridgehead atoms. The van der Waals surface area contributed by atoms with E-state index in [-0.39, 0.29) is 61.6 Å². The number of imidazole rings is 4. The van der Waals surface area contributed by atoms with Crippen molar-refractivity contribution in [3.8, 4) is 22.3 Å². The van der Waals surface area contributed by atoms with Gasteiger partial charge in [0.05, 0.1) is 48.3 Å². The number of carbonyl (C=O) groups excluding carboxylic acids is 4. The van der Waals surface area contributed by atoms with Crippen molar-refractivity contribution >= 4 is 70.7 Å². The number of anilines is 4. The first kappa shape index (κ1) is 91.2. The van der Waals surface area contributed by atoms with Crippen LogP contribution in [0.1, 0.15) is 215 Å².